The molecule has 2 nitrogen and oxygen atoms in total. The summed E-state index contributed by atoms with van der Waals surface area (Å²) in [4.78, 5) is 12.6. The van der Waals surface area contributed by atoms with Crippen LogP contribution in [-0.2, 0) is 9.53 Å². The first-order valence-electron chi connectivity index (χ1n) is 7.34. The van der Waals surface area contributed by atoms with E-state index in [1.807, 2.05) is 6.92 Å². The van der Waals surface area contributed by atoms with Crippen molar-refractivity contribution in [3.63, 3.8) is 0 Å². The lowest BCUT2D eigenvalue weighted by molar-refractivity contribution is -0.153. The van der Waals surface area contributed by atoms with E-state index in [-0.39, 0.29) is 5.92 Å². The molecule has 1 aliphatic carbocycles. The maximum atomic E-state index is 12.6. The van der Waals surface area contributed by atoms with Gasteiger partial charge in [0.1, 0.15) is 5.60 Å². The molecule has 0 radical (unpaired) electrons. The van der Waals surface area contributed by atoms with Gasteiger partial charge >= 0.3 is 0 Å². The third kappa shape index (κ3) is 2.90. The fraction of sp³-hybridized carbons (Fsp3) is 0.933. The van der Waals surface area contributed by atoms with Gasteiger partial charge in [-0.1, -0.05) is 26.2 Å². The number of ether oxygens (including phenoxy) is 1. The molecule has 3 atom stereocenters. The van der Waals surface area contributed by atoms with Crippen LogP contribution in [0.1, 0.15) is 65.2 Å². The van der Waals surface area contributed by atoms with Crippen LogP contribution in [-0.4, -0.2) is 18.0 Å². The molecular formula is C15H26O2. The first-order chi connectivity index (χ1) is 8.15. The number of carbonyl (C=O) groups is 1. The SMILES string of the molecule is CCC1CCCC(C(=O)C2(C)CCCCO2)C1. The van der Waals surface area contributed by atoms with Crippen LogP contribution in [0.15, 0.2) is 0 Å². The molecule has 0 spiro atoms. The molecule has 0 aromatic carbocycles. The topological polar surface area (TPSA) is 26.3 Å². The van der Waals surface area contributed by atoms with Gasteiger partial charge in [-0.25, -0.2) is 0 Å². The first-order valence-corrected chi connectivity index (χ1v) is 7.34. The van der Waals surface area contributed by atoms with Crippen molar-refractivity contribution in [2.45, 2.75) is 70.8 Å². The molecule has 1 saturated heterocycles. The summed E-state index contributed by atoms with van der Waals surface area (Å²) in [5.74, 6) is 1.44. The number of hydrogen-bond acceptors (Lipinski definition) is 2. The highest BCUT2D eigenvalue weighted by atomic mass is 16.5. The Morgan fingerprint density at radius 3 is 2.76 bits per heavy atom. The van der Waals surface area contributed by atoms with Crippen molar-refractivity contribution in [1.29, 1.82) is 0 Å². The lowest BCUT2D eigenvalue weighted by Gasteiger charge is -2.37. The summed E-state index contributed by atoms with van der Waals surface area (Å²) in [6, 6.07) is 0. The van der Waals surface area contributed by atoms with Gasteiger partial charge in [0.15, 0.2) is 5.78 Å². The second kappa shape index (κ2) is 5.51. The minimum absolute atomic E-state index is 0.275. The second-order valence-electron chi connectivity index (χ2n) is 6.04. The zero-order valence-electron chi connectivity index (χ0n) is 11.3. The molecular weight excluding hydrogens is 212 g/mol. The molecule has 98 valence electrons. The number of hydrogen-bond donors (Lipinski definition) is 0. The highest BCUT2D eigenvalue weighted by molar-refractivity contribution is 5.89. The van der Waals surface area contributed by atoms with Crippen molar-refractivity contribution in [2.75, 3.05) is 6.61 Å². The zero-order chi connectivity index (χ0) is 12.3. The Labute approximate surface area is 105 Å². The molecule has 1 saturated carbocycles. The number of ketones is 1. The maximum absolute atomic E-state index is 12.6. The van der Waals surface area contributed by atoms with Crippen LogP contribution in [0.4, 0.5) is 0 Å². The van der Waals surface area contributed by atoms with Crippen molar-refractivity contribution in [2.24, 2.45) is 11.8 Å². The van der Waals surface area contributed by atoms with E-state index in [0.717, 1.165) is 44.6 Å². The quantitative estimate of drug-likeness (QED) is 0.749. The Balaban J connectivity index is 1.98. The predicted molar refractivity (Wildman–Crippen MR) is 69.0 cm³/mol. The van der Waals surface area contributed by atoms with Gasteiger partial charge in [-0.3, -0.25) is 4.79 Å². The van der Waals surface area contributed by atoms with Crippen LogP contribution in [0.2, 0.25) is 0 Å². The molecule has 3 unspecified atom stereocenters. The van der Waals surface area contributed by atoms with Crippen molar-refractivity contribution < 1.29 is 9.53 Å². The summed E-state index contributed by atoms with van der Waals surface area (Å²) in [6.07, 6.45) is 9.16. The molecule has 1 heterocycles. The van der Waals surface area contributed by atoms with E-state index in [9.17, 15) is 4.79 Å². The Morgan fingerprint density at radius 2 is 2.12 bits per heavy atom. The van der Waals surface area contributed by atoms with Gasteiger partial charge < -0.3 is 4.74 Å². The summed E-state index contributed by atoms with van der Waals surface area (Å²) >= 11 is 0. The number of Topliss-reactive ketones (excluding diaryl/α,β-unsaturated/α-hetero) is 1. The molecule has 2 heteroatoms. The molecule has 0 aromatic rings. The predicted octanol–water partition coefficient (Wildman–Crippen LogP) is 3.73. The highest BCUT2D eigenvalue weighted by Crippen LogP contribution is 2.37. The van der Waals surface area contributed by atoms with Gasteiger partial charge in [0, 0.05) is 12.5 Å². The molecule has 0 amide bonds. The van der Waals surface area contributed by atoms with Crippen LogP contribution in [0.25, 0.3) is 0 Å². The molecule has 2 rings (SSSR count). The molecule has 0 aromatic heterocycles. The van der Waals surface area contributed by atoms with Crippen molar-refractivity contribution in [3.05, 3.63) is 0 Å². The Bertz CT molecular complexity index is 266. The Kier molecular flexibility index (Phi) is 4.24. The van der Waals surface area contributed by atoms with E-state index in [1.165, 1.54) is 19.3 Å². The van der Waals surface area contributed by atoms with Gasteiger partial charge in [0.2, 0.25) is 0 Å². The average Bonchev–Trinajstić information content (AvgIpc) is 2.39. The van der Waals surface area contributed by atoms with E-state index in [0.29, 0.717) is 5.78 Å². The third-order valence-electron chi connectivity index (χ3n) is 4.72. The van der Waals surface area contributed by atoms with Crippen molar-refractivity contribution in [1.82, 2.24) is 0 Å². The monoisotopic (exact) mass is 238 g/mol. The minimum atomic E-state index is -0.460. The number of carbonyl (C=O) groups excluding carboxylic acids is 1. The normalized spacial score (nSPS) is 38.9. The van der Waals surface area contributed by atoms with Crippen LogP contribution in [0, 0.1) is 11.8 Å². The summed E-state index contributed by atoms with van der Waals surface area (Å²) in [5.41, 5.74) is -0.460. The summed E-state index contributed by atoms with van der Waals surface area (Å²) in [7, 11) is 0. The fourth-order valence-corrected chi connectivity index (χ4v) is 3.46. The van der Waals surface area contributed by atoms with Gasteiger partial charge in [-0.2, -0.15) is 0 Å². The molecule has 17 heavy (non-hydrogen) atoms. The average molecular weight is 238 g/mol. The lowest BCUT2D eigenvalue weighted by Crippen LogP contribution is -2.45. The maximum Gasteiger partial charge on any atom is 0.167 e. The van der Waals surface area contributed by atoms with E-state index < -0.39 is 5.60 Å². The Morgan fingerprint density at radius 1 is 1.29 bits per heavy atom. The van der Waals surface area contributed by atoms with Crippen LogP contribution in [0.3, 0.4) is 0 Å². The molecule has 2 fully saturated rings. The van der Waals surface area contributed by atoms with Crippen molar-refractivity contribution >= 4 is 5.78 Å². The third-order valence-corrected chi connectivity index (χ3v) is 4.72. The Hall–Kier alpha value is -0.370. The van der Waals surface area contributed by atoms with Crippen LogP contribution >= 0.6 is 0 Å². The molecule has 1 aliphatic heterocycles. The minimum Gasteiger partial charge on any atom is -0.367 e. The summed E-state index contributed by atoms with van der Waals surface area (Å²) in [5, 5.41) is 0. The summed E-state index contributed by atoms with van der Waals surface area (Å²) in [6.45, 7) is 5.03. The lowest BCUT2D eigenvalue weighted by atomic mass is 9.73. The summed E-state index contributed by atoms with van der Waals surface area (Å²) < 4.78 is 5.80. The van der Waals surface area contributed by atoms with E-state index >= 15 is 0 Å². The molecule has 0 bridgehead atoms. The highest BCUT2D eigenvalue weighted by Gasteiger charge is 2.41. The van der Waals surface area contributed by atoms with Gasteiger partial charge in [0.25, 0.3) is 0 Å². The van der Waals surface area contributed by atoms with Crippen molar-refractivity contribution in [3.8, 4) is 0 Å². The first kappa shape index (κ1) is 13.1. The fourth-order valence-electron chi connectivity index (χ4n) is 3.46. The van der Waals surface area contributed by atoms with Gasteiger partial charge in [-0.15, -0.1) is 0 Å². The second-order valence-corrected chi connectivity index (χ2v) is 6.04. The molecule has 0 N–H and O–H groups in total. The van der Waals surface area contributed by atoms with Crippen LogP contribution in [0.5, 0.6) is 0 Å². The van der Waals surface area contributed by atoms with E-state index in [2.05, 4.69) is 6.92 Å². The van der Waals surface area contributed by atoms with Gasteiger partial charge in [-0.05, 0) is 44.9 Å². The van der Waals surface area contributed by atoms with E-state index in [1.54, 1.807) is 0 Å². The zero-order valence-corrected chi connectivity index (χ0v) is 11.3. The van der Waals surface area contributed by atoms with Crippen LogP contribution < -0.4 is 0 Å². The van der Waals surface area contributed by atoms with E-state index in [4.69, 9.17) is 4.74 Å². The smallest absolute Gasteiger partial charge is 0.167 e. The largest absolute Gasteiger partial charge is 0.367 e. The molecule has 2 aliphatic rings. The van der Waals surface area contributed by atoms with Gasteiger partial charge in [0.05, 0.1) is 0 Å². The number of rotatable bonds is 3. The standard InChI is InChI=1S/C15H26O2/c1-3-12-7-6-8-13(11-12)14(16)15(2)9-4-5-10-17-15/h12-13H,3-11H2,1-2H3.